The van der Waals surface area contributed by atoms with E-state index in [1.807, 2.05) is 60.7 Å². The number of ether oxygens (including phenoxy) is 2. The number of hydrogen-bond acceptors (Lipinski definition) is 11. The summed E-state index contributed by atoms with van der Waals surface area (Å²) in [6.45, 7) is 2.24. The highest BCUT2D eigenvalue weighted by atomic mass is 16.6. The van der Waals surface area contributed by atoms with Gasteiger partial charge >= 0.3 is 12.1 Å². The third-order valence-electron chi connectivity index (χ3n) is 11.1. The topological polar surface area (TPSA) is 183 Å². The molecule has 3 aromatic carbocycles. The van der Waals surface area contributed by atoms with Gasteiger partial charge in [-0.1, -0.05) is 79.2 Å². The molecule has 0 bridgehead atoms. The van der Waals surface area contributed by atoms with Crippen LogP contribution in [0.15, 0.2) is 89.3 Å². The lowest BCUT2D eigenvalue weighted by Gasteiger charge is -2.29. The monoisotopic (exact) mass is 793 g/mol. The molecule has 4 atom stereocenters. The number of carbonyl (C=O) groups is 5. The molecular weight excluding hydrogens is 739 g/mol. The predicted octanol–water partition coefficient (Wildman–Crippen LogP) is 5.94. The fourth-order valence-corrected chi connectivity index (χ4v) is 7.88. The van der Waals surface area contributed by atoms with E-state index >= 15 is 0 Å². The molecule has 0 unspecified atom stereocenters. The molecule has 2 saturated heterocycles. The van der Waals surface area contributed by atoms with Gasteiger partial charge in [0.1, 0.15) is 24.3 Å². The fourth-order valence-electron chi connectivity index (χ4n) is 7.88. The quantitative estimate of drug-likeness (QED) is 0.0548. The molecule has 308 valence electrons. The van der Waals surface area contributed by atoms with E-state index < -0.39 is 41.9 Å². The third kappa shape index (κ3) is 12.1. The van der Waals surface area contributed by atoms with Gasteiger partial charge in [-0.2, -0.15) is 0 Å². The fraction of sp³-hybridized carbons (Fsp3) is 0.467. The summed E-state index contributed by atoms with van der Waals surface area (Å²) >= 11 is 0. The molecular formula is C45H55N5O8. The molecule has 2 aliphatic rings. The minimum absolute atomic E-state index is 0.00610. The first-order chi connectivity index (χ1) is 28.3. The standard InChI is InChI=1S/C45H55N5O8/c46-24-10-9-15-34(42(53)43-48-36-16-7-8-17-40(36)58-43)27-39(51)38-28-35(57-41(52)21-19-32-22-25-47-26-23-32)29-50(38)44(54)37(20-18-31-11-3-1-4-12-31)49-45(55)56-30-33-13-5-2-6-14-33/h1-8,11-14,16-17,32,34-35,37-38,47H,9-10,15,18-30,46H2,(H,49,55)/t34-,35-,37-,38+/m1/s1. The Morgan fingerprint density at radius 1 is 0.897 bits per heavy atom. The van der Waals surface area contributed by atoms with Gasteiger partial charge in [0.15, 0.2) is 11.4 Å². The summed E-state index contributed by atoms with van der Waals surface area (Å²) in [4.78, 5) is 75.3. The van der Waals surface area contributed by atoms with Crippen molar-refractivity contribution in [3.63, 3.8) is 0 Å². The molecule has 2 fully saturated rings. The van der Waals surface area contributed by atoms with E-state index in [-0.39, 0.29) is 56.5 Å². The number of Topliss-reactive ketones (excluding diaryl/α,β-unsaturated/α-hetero) is 2. The van der Waals surface area contributed by atoms with E-state index in [0.29, 0.717) is 55.7 Å². The first-order valence-corrected chi connectivity index (χ1v) is 20.6. The Morgan fingerprint density at radius 2 is 1.60 bits per heavy atom. The zero-order valence-electron chi connectivity index (χ0n) is 33.0. The number of carbonyl (C=O) groups excluding carboxylic acids is 5. The number of aryl methyl sites for hydroxylation is 1. The number of alkyl carbamates (subject to hydrolysis) is 1. The molecule has 3 heterocycles. The van der Waals surface area contributed by atoms with Gasteiger partial charge in [0, 0.05) is 25.2 Å². The Hall–Kier alpha value is -5.40. The number of fused-ring (bicyclic) bond motifs is 1. The highest BCUT2D eigenvalue weighted by Gasteiger charge is 2.44. The minimum Gasteiger partial charge on any atom is -0.460 e. The van der Waals surface area contributed by atoms with Gasteiger partial charge in [0.05, 0.1) is 12.6 Å². The van der Waals surface area contributed by atoms with Crippen molar-refractivity contribution in [1.82, 2.24) is 20.5 Å². The molecule has 0 spiro atoms. The first-order valence-electron chi connectivity index (χ1n) is 20.6. The summed E-state index contributed by atoms with van der Waals surface area (Å²) in [6.07, 6.45) is 3.60. The molecule has 4 aromatic rings. The normalized spacial score (nSPS) is 18.1. The number of rotatable bonds is 20. The van der Waals surface area contributed by atoms with E-state index in [1.54, 1.807) is 24.3 Å². The van der Waals surface area contributed by atoms with Crippen molar-refractivity contribution < 1.29 is 37.9 Å². The predicted molar refractivity (Wildman–Crippen MR) is 217 cm³/mol. The number of ketones is 2. The summed E-state index contributed by atoms with van der Waals surface area (Å²) in [5.74, 6) is -2.05. The largest absolute Gasteiger partial charge is 0.460 e. The molecule has 0 radical (unpaired) electrons. The molecule has 13 heteroatoms. The first kappa shape index (κ1) is 42.2. The number of likely N-dealkylation sites (tertiary alicyclic amines) is 1. The number of unbranched alkanes of at least 4 members (excludes halogenated alkanes) is 1. The van der Waals surface area contributed by atoms with Crippen LogP contribution in [-0.2, 0) is 36.9 Å². The lowest BCUT2D eigenvalue weighted by atomic mass is 9.89. The van der Waals surface area contributed by atoms with Gasteiger partial charge in [0.25, 0.3) is 5.89 Å². The molecule has 4 N–H and O–H groups in total. The minimum atomic E-state index is -1.06. The van der Waals surface area contributed by atoms with E-state index in [2.05, 4.69) is 15.6 Å². The van der Waals surface area contributed by atoms with Crippen LogP contribution in [0.25, 0.3) is 11.1 Å². The second kappa shape index (κ2) is 21.4. The van der Waals surface area contributed by atoms with E-state index in [9.17, 15) is 24.0 Å². The number of oxazole rings is 1. The number of aromatic nitrogens is 1. The van der Waals surface area contributed by atoms with Crippen LogP contribution in [0.3, 0.4) is 0 Å². The van der Waals surface area contributed by atoms with Crippen molar-refractivity contribution in [2.45, 2.75) is 95.4 Å². The van der Waals surface area contributed by atoms with Gasteiger partial charge in [-0.3, -0.25) is 19.2 Å². The van der Waals surface area contributed by atoms with Gasteiger partial charge in [0.2, 0.25) is 11.7 Å². The number of amides is 2. The average Bonchev–Trinajstić information content (AvgIpc) is 3.89. The second-order valence-electron chi connectivity index (χ2n) is 15.4. The number of nitrogens with zero attached hydrogens (tertiary/aromatic N) is 2. The van der Waals surface area contributed by atoms with Crippen molar-refractivity contribution in [2.24, 2.45) is 17.6 Å². The summed E-state index contributed by atoms with van der Waals surface area (Å²) in [5.41, 5.74) is 8.54. The van der Waals surface area contributed by atoms with Gasteiger partial charge in [-0.25, -0.2) is 9.78 Å². The average molecular weight is 794 g/mol. The maximum Gasteiger partial charge on any atom is 0.408 e. The van der Waals surface area contributed by atoms with Gasteiger partial charge in [-0.05, 0) is 93.8 Å². The van der Waals surface area contributed by atoms with Crippen LogP contribution >= 0.6 is 0 Å². The van der Waals surface area contributed by atoms with Crippen LogP contribution in [0.5, 0.6) is 0 Å². The Morgan fingerprint density at radius 3 is 2.33 bits per heavy atom. The molecule has 0 aliphatic carbocycles. The van der Waals surface area contributed by atoms with Crippen LogP contribution in [-0.4, -0.2) is 83.8 Å². The van der Waals surface area contributed by atoms with Crippen LogP contribution < -0.4 is 16.4 Å². The maximum atomic E-state index is 14.7. The summed E-state index contributed by atoms with van der Waals surface area (Å²) < 4.78 is 17.3. The number of esters is 1. The summed E-state index contributed by atoms with van der Waals surface area (Å²) in [6, 6.07) is 23.8. The Balaban J connectivity index is 1.21. The SMILES string of the molecule is NCCCC[C@H](CC(=O)[C@@H]1C[C@@H](OC(=O)CCC2CCNCC2)CN1C(=O)[C@@H](CCc1ccccc1)NC(=O)OCc1ccccc1)C(=O)c1nc2ccccc2o1. The lowest BCUT2D eigenvalue weighted by Crippen LogP contribution is -2.52. The van der Waals surface area contributed by atoms with Crippen LogP contribution in [0, 0.1) is 11.8 Å². The van der Waals surface area contributed by atoms with Crippen molar-refractivity contribution in [3.8, 4) is 0 Å². The van der Waals surface area contributed by atoms with Crippen molar-refractivity contribution in [3.05, 3.63) is 102 Å². The Bertz CT molecular complexity index is 1930. The van der Waals surface area contributed by atoms with Crippen molar-refractivity contribution in [2.75, 3.05) is 26.2 Å². The Kier molecular flexibility index (Phi) is 15.6. The number of piperidine rings is 1. The molecule has 58 heavy (non-hydrogen) atoms. The number of para-hydroxylation sites is 2. The number of hydrogen-bond donors (Lipinski definition) is 3. The zero-order valence-corrected chi connectivity index (χ0v) is 33.0. The number of nitrogens with two attached hydrogens (primary N) is 1. The molecule has 2 aliphatic heterocycles. The summed E-state index contributed by atoms with van der Waals surface area (Å²) in [7, 11) is 0. The van der Waals surface area contributed by atoms with Crippen LogP contribution in [0.4, 0.5) is 4.79 Å². The molecule has 6 rings (SSSR count). The van der Waals surface area contributed by atoms with Crippen molar-refractivity contribution >= 4 is 40.6 Å². The van der Waals surface area contributed by atoms with E-state index in [1.165, 1.54) is 4.90 Å². The third-order valence-corrected chi connectivity index (χ3v) is 11.1. The second-order valence-corrected chi connectivity index (χ2v) is 15.4. The highest BCUT2D eigenvalue weighted by Crippen LogP contribution is 2.29. The van der Waals surface area contributed by atoms with Crippen molar-refractivity contribution in [1.29, 1.82) is 0 Å². The van der Waals surface area contributed by atoms with Crippen LogP contribution in [0.2, 0.25) is 0 Å². The van der Waals surface area contributed by atoms with Gasteiger partial charge in [-0.15, -0.1) is 0 Å². The molecule has 0 saturated carbocycles. The lowest BCUT2D eigenvalue weighted by molar-refractivity contribution is -0.149. The van der Waals surface area contributed by atoms with E-state index in [0.717, 1.165) is 37.1 Å². The van der Waals surface area contributed by atoms with Gasteiger partial charge < -0.3 is 35.2 Å². The smallest absolute Gasteiger partial charge is 0.408 e. The van der Waals surface area contributed by atoms with E-state index in [4.69, 9.17) is 19.6 Å². The zero-order chi connectivity index (χ0) is 40.7. The molecule has 13 nitrogen and oxygen atoms in total. The molecule has 2 amide bonds. The number of benzene rings is 3. The molecule has 1 aromatic heterocycles. The van der Waals surface area contributed by atoms with Crippen LogP contribution in [0.1, 0.15) is 86.0 Å². The number of nitrogens with one attached hydrogen (secondary N) is 2. The maximum absolute atomic E-state index is 14.7. The summed E-state index contributed by atoms with van der Waals surface area (Å²) in [5, 5.41) is 6.11. The Labute approximate surface area is 339 Å². The highest BCUT2D eigenvalue weighted by molar-refractivity contribution is 6.00.